The first kappa shape index (κ1) is 55.2. The summed E-state index contributed by atoms with van der Waals surface area (Å²) in [7, 11) is 1.33. The van der Waals surface area contributed by atoms with Crippen molar-refractivity contribution in [3.05, 3.63) is 60.8 Å². The summed E-state index contributed by atoms with van der Waals surface area (Å²) in [6, 6.07) is 0. The van der Waals surface area contributed by atoms with Crippen LogP contribution in [0.2, 0.25) is 0 Å². The lowest BCUT2D eigenvalue weighted by Gasteiger charge is -2.28. The highest BCUT2D eigenvalue weighted by Crippen LogP contribution is 2.38. The molecule has 0 saturated carbocycles. The first-order valence-electron chi connectivity index (χ1n) is 23.0. The third-order valence-electron chi connectivity index (χ3n) is 9.55. The summed E-state index contributed by atoms with van der Waals surface area (Å²) in [5.74, 6) is -0.365. The highest BCUT2D eigenvalue weighted by Gasteiger charge is 2.20. The van der Waals surface area contributed by atoms with Gasteiger partial charge in [0.25, 0.3) is 7.82 Å². The van der Waals surface area contributed by atoms with Crippen LogP contribution in [0.3, 0.4) is 0 Å². The van der Waals surface area contributed by atoms with Gasteiger partial charge in [-0.2, -0.15) is 0 Å². The summed E-state index contributed by atoms with van der Waals surface area (Å²) in [4.78, 5) is 25.0. The largest absolute Gasteiger partial charge is 0.756 e. The predicted octanol–water partition coefficient (Wildman–Crippen LogP) is 13.1. The molecule has 0 aromatic carbocycles. The molecule has 0 rings (SSSR count). The van der Waals surface area contributed by atoms with Gasteiger partial charge < -0.3 is 27.9 Å². The van der Waals surface area contributed by atoms with Crippen LogP contribution in [-0.2, 0) is 27.9 Å². The fourth-order valence-corrected chi connectivity index (χ4v) is 6.73. The fraction of sp³-hybridized carbons (Fsp3) is 0.771. The average Bonchev–Trinajstić information content (AvgIpc) is 3.16. The Kier molecular flexibility index (Phi) is 39.7. The summed E-state index contributed by atoms with van der Waals surface area (Å²) < 4.78 is 34.6. The van der Waals surface area contributed by atoms with E-state index in [9.17, 15) is 14.3 Å². The molecule has 9 heteroatoms. The third kappa shape index (κ3) is 45.1. The molecule has 2 atom stereocenters. The minimum Gasteiger partial charge on any atom is -0.756 e. The third-order valence-corrected chi connectivity index (χ3v) is 10.5. The summed E-state index contributed by atoms with van der Waals surface area (Å²) in [6.45, 7) is 5.23. The van der Waals surface area contributed by atoms with Crippen LogP contribution < -0.4 is 4.89 Å². The summed E-state index contributed by atoms with van der Waals surface area (Å²) >= 11 is 0. The number of hydrogen-bond acceptors (Lipinski definition) is 7. The molecule has 0 aromatic rings. The number of allylic oxidation sites excluding steroid dienone is 10. The van der Waals surface area contributed by atoms with Crippen LogP contribution in [0.1, 0.15) is 181 Å². The van der Waals surface area contributed by atoms with Gasteiger partial charge in [-0.15, -0.1) is 0 Å². The molecule has 332 valence electrons. The van der Waals surface area contributed by atoms with Gasteiger partial charge in [0, 0.05) is 13.0 Å². The SMILES string of the molecule is CC/C=C\C/C=C\C/C=C\CCCCCC(=O)OC(COCCCCCCCCCCCC/C=C\C/C=C\CCCCCCC)COP(=O)([O-])OCC[N+](C)(C)C. The number of likely N-dealkylation sites (N-methyl/N-ethyl adjacent to an activating group) is 1. The van der Waals surface area contributed by atoms with Crippen LogP contribution in [0.25, 0.3) is 0 Å². The van der Waals surface area contributed by atoms with Gasteiger partial charge in [0.2, 0.25) is 0 Å². The molecule has 0 aliphatic heterocycles. The van der Waals surface area contributed by atoms with Crippen molar-refractivity contribution < 1.29 is 37.3 Å². The first-order chi connectivity index (χ1) is 27.6. The zero-order valence-corrected chi connectivity index (χ0v) is 38.4. The van der Waals surface area contributed by atoms with Crippen molar-refractivity contribution in [3.63, 3.8) is 0 Å². The lowest BCUT2D eigenvalue weighted by atomic mass is 10.1. The molecule has 2 unspecified atom stereocenters. The number of carbonyl (C=O) groups excluding carboxylic acids is 1. The second kappa shape index (κ2) is 41.0. The number of quaternary nitrogens is 1. The number of phosphoric ester groups is 1. The van der Waals surface area contributed by atoms with Crippen molar-refractivity contribution in [2.24, 2.45) is 0 Å². The Labute approximate surface area is 351 Å². The molecule has 0 spiro atoms. The zero-order chi connectivity index (χ0) is 42.0. The molecule has 8 nitrogen and oxygen atoms in total. The van der Waals surface area contributed by atoms with Crippen LogP contribution >= 0.6 is 7.82 Å². The molecule has 0 N–H and O–H groups in total. The lowest BCUT2D eigenvalue weighted by molar-refractivity contribution is -0.870. The molecule has 0 aliphatic rings. The van der Waals surface area contributed by atoms with Gasteiger partial charge in [0.1, 0.15) is 19.3 Å². The van der Waals surface area contributed by atoms with Crippen molar-refractivity contribution in [2.75, 3.05) is 54.1 Å². The second-order valence-electron chi connectivity index (χ2n) is 16.4. The number of carbonyl (C=O) groups is 1. The van der Waals surface area contributed by atoms with Gasteiger partial charge in [0.15, 0.2) is 0 Å². The molecule has 0 aromatic heterocycles. The van der Waals surface area contributed by atoms with Gasteiger partial charge >= 0.3 is 5.97 Å². The molecule has 0 fully saturated rings. The Morgan fingerprint density at radius 1 is 0.561 bits per heavy atom. The highest BCUT2D eigenvalue weighted by molar-refractivity contribution is 7.45. The maximum absolute atomic E-state index is 12.7. The minimum absolute atomic E-state index is 0.0173. The first-order valence-corrected chi connectivity index (χ1v) is 24.5. The average molecular weight is 822 g/mol. The van der Waals surface area contributed by atoms with Gasteiger partial charge in [-0.05, 0) is 77.0 Å². The smallest absolute Gasteiger partial charge is 0.306 e. The maximum atomic E-state index is 12.7. The number of unbranched alkanes of at least 4 members (excludes halogenated alkanes) is 18. The van der Waals surface area contributed by atoms with Crippen molar-refractivity contribution in [2.45, 2.75) is 187 Å². The van der Waals surface area contributed by atoms with Gasteiger partial charge in [0.05, 0.1) is 34.4 Å². The standard InChI is InChI=1S/C48H88NO7P/c1-6-8-10-12-14-16-18-20-21-22-23-24-25-26-27-28-30-32-34-36-38-40-43-53-45-47(46-55-57(51,52)54-44-42-49(3,4)5)56-48(50)41-39-37-35-33-31-29-19-17-15-13-11-9-7-2/h9,11,15,17-18,20,22-23,29,31,47H,6-8,10,12-14,16,19,21,24-28,30,32-46H2,1-5H3/b11-9-,17-15-,20-18-,23-22-,31-29-. The fourth-order valence-electron chi connectivity index (χ4n) is 6.00. The molecule has 0 radical (unpaired) electrons. The van der Waals surface area contributed by atoms with Crippen LogP contribution in [-0.4, -0.2) is 70.7 Å². The van der Waals surface area contributed by atoms with Crippen LogP contribution in [0.5, 0.6) is 0 Å². The normalized spacial score (nSPS) is 14.3. The summed E-state index contributed by atoms with van der Waals surface area (Å²) in [5.41, 5.74) is 0. The van der Waals surface area contributed by atoms with Crippen LogP contribution in [0.4, 0.5) is 0 Å². The van der Waals surface area contributed by atoms with E-state index in [1.54, 1.807) is 0 Å². The number of nitrogens with zero attached hydrogens (tertiary/aromatic N) is 1. The van der Waals surface area contributed by atoms with Crippen molar-refractivity contribution >= 4 is 13.8 Å². The molecule has 0 aliphatic carbocycles. The van der Waals surface area contributed by atoms with E-state index in [-0.39, 0.29) is 32.2 Å². The Hall–Kier alpha value is -1.80. The van der Waals surface area contributed by atoms with E-state index >= 15 is 0 Å². The van der Waals surface area contributed by atoms with E-state index in [1.807, 2.05) is 21.1 Å². The molecule has 0 heterocycles. The topological polar surface area (TPSA) is 94.1 Å². The van der Waals surface area contributed by atoms with Gasteiger partial charge in [-0.1, -0.05) is 158 Å². The Morgan fingerprint density at radius 2 is 1.02 bits per heavy atom. The number of ether oxygens (including phenoxy) is 2. The molecule has 0 bridgehead atoms. The van der Waals surface area contributed by atoms with Gasteiger partial charge in [-0.25, -0.2) is 0 Å². The van der Waals surface area contributed by atoms with Crippen molar-refractivity contribution in [1.82, 2.24) is 0 Å². The van der Waals surface area contributed by atoms with E-state index in [2.05, 4.69) is 74.6 Å². The summed E-state index contributed by atoms with van der Waals surface area (Å²) in [6.07, 6.45) is 51.0. The molecule has 0 amide bonds. The number of hydrogen-bond donors (Lipinski definition) is 0. The lowest BCUT2D eigenvalue weighted by Crippen LogP contribution is -2.37. The van der Waals surface area contributed by atoms with Crippen molar-refractivity contribution in [3.8, 4) is 0 Å². The quantitative estimate of drug-likeness (QED) is 0.0199. The van der Waals surface area contributed by atoms with E-state index in [1.165, 1.54) is 96.3 Å². The van der Waals surface area contributed by atoms with E-state index in [0.717, 1.165) is 57.8 Å². The Morgan fingerprint density at radius 3 is 1.53 bits per heavy atom. The number of rotatable bonds is 42. The number of esters is 1. The summed E-state index contributed by atoms with van der Waals surface area (Å²) in [5, 5.41) is 0. The van der Waals surface area contributed by atoms with E-state index in [4.69, 9.17) is 18.5 Å². The van der Waals surface area contributed by atoms with E-state index in [0.29, 0.717) is 24.1 Å². The Bertz CT molecular complexity index is 1090. The monoisotopic (exact) mass is 822 g/mol. The molecule has 0 saturated heterocycles. The van der Waals surface area contributed by atoms with Crippen molar-refractivity contribution in [1.29, 1.82) is 0 Å². The Balaban J connectivity index is 4.19. The number of phosphoric acid groups is 1. The maximum Gasteiger partial charge on any atom is 0.306 e. The molecule has 57 heavy (non-hydrogen) atoms. The minimum atomic E-state index is -4.54. The molecular weight excluding hydrogens is 734 g/mol. The van der Waals surface area contributed by atoms with Crippen LogP contribution in [0, 0.1) is 0 Å². The molecular formula is C48H88NO7P. The van der Waals surface area contributed by atoms with E-state index < -0.39 is 13.9 Å². The highest BCUT2D eigenvalue weighted by atomic mass is 31.2. The van der Waals surface area contributed by atoms with Crippen LogP contribution in [0.15, 0.2) is 60.8 Å². The van der Waals surface area contributed by atoms with Gasteiger partial charge in [-0.3, -0.25) is 9.36 Å². The second-order valence-corrected chi connectivity index (χ2v) is 17.8. The predicted molar refractivity (Wildman–Crippen MR) is 240 cm³/mol. The zero-order valence-electron chi connectivity index (χ0n) is 37.5.